The number of carbonyl (C=O) groups is 1. The second-order valence-corrected chi connectivity index (χ2v) is 4.85. The van der Waals surface area contributed by atoms with Crippen LogP contribution >= 0.6 is 0 Å². The lowest BCUT2D eigenvalue weighted by Crippen LogP contribution is -2.13. The van der Waals surface area contributed by atoms with E-state index in [2.05, 4.69) is 31.1 Å². The molecule has 1 aromatic carbocycles. The van der Waals surface area contributed by atoms with Crippen molar-refractivity contribution in [2.45, 2.75) is 26.8 Å². The standard InChI is InChI=1S/C14H18N6O/c1-9(2)16-14-19-13(8-15-20-14)18-12-6-4-5-11(7-12)17-10(3)21/h4-9H,1-3H3,(H,17,21)(H2,16,18,19,20). The van der Waals surface area contributed by atoms with Crippen molar-refractivity contribution < 1.29 is 4.79 Å². The van der Waals surface area contributed by atoms with Crippen molar-refractivity contribution in [2.75, 3.05) is 16.0 Å². The molecule has 0 aliphatic heterocycles. The average molecular weight is 286 g/mol. The SMILES string of the molecule is CC(=O)Nc1cccc(Nc2cnnc(NC(C)C)n2)c1. The van der Waals surface area contributed by atoms with Crippen molar-refractivity contribution in [1.29, 1.82) is 0 Å². The summed E-state index contributed by atoms with van der Waals surface area (Å²) in [5, 5.41) is 16.7. The van der Waals surface area contributed by atoms with Gasteiger partial charge in [0, 0.05) is 24.3 Å². The van der Waals surface area contributed by atoms with E-state index in [1.165, 1.54) is 13.1 Å². The second-order valence-electron chi connectivity index (χ2n) is 4.85. The maximum atomic E-state index is 11.1. The Balaban J connectivity index is 2.12. The molecule has 1 amide bonds. The fraction of sp³-hybridized carbons (Fsp3) is 0.286. The zero-order valence-electron chi connectivity index (χ0n) is 12.2. The average Bonchev–Trinajstić information content (AvgIpc) is 2.37. The smallest absolute Gasteiger partial charge is 0.244 e. The van der Waals surface area contributed by atoms with E-state index in [1.54, 1.807) is 0 Å². The molecule has 0 bridgehead atoms. The van der Waals surface area contributed by atoms with Crippen LogP contribution in [-0.2, 0) is 4.79 Å². The topological polar surface area (TPSA) is 91.8 Å². The summed E-state index contributed by atoms with van der Waals surface area (Å²) in [5.41, 5.74) is 1.52. The van der Waals surface area contributed by atoms with Gasteiger partial charge in [-0.15, -0.1) is 5.10 Å². The lowest BCUT2D eigenvalue weighted by atomic mass is 10.2. The Morgan fingerprint density at radius 1 is 1.24 bits per heavy atom. The first kappa shape index (κ1) is 14.7. The predicted molar refractivity (Wildman–Crippen MR) is 82.6 cm³/mol. The molecular formula is C14H18N6O. The Hall–Kier alpha value is -2.70. The third-order valence-electron chi connectivity index (χ3n) is 2.43. The van der Waals surface area contributed by atoms with E-state index in [4.69, 9.17) is 0 Å². The van der Waals surface area contributed by atoms with Gasteiger partial charge < -0.3 is 16.0 Å². The van der Waals surface area contributed by atoms with Gasteiger partial charge in [-0.25, -0.2) is 0 Å². The van der Waals surface area contributed by atoms with Crippen LogP contribution in [0.2, 0.25) is 0 Å². The third kappa shape index (κ3) is 4.72. The molecular weight excluding hydrogens is 268 g/mol. The van der Waals surface area contributed by atoms with E-state index in [1.807, 2.05) is 38.1 Å². The number of hydrogen-bond donors (Lipinski definition) is 3. The van der Waals surface area contributed by atoms with E-state index in [-0.39, 0.29) is 11.9 Å². The van der Waals surface area contributed by atoms with Crippen LogP contribution < -0.4 is 16.0 Å². The highest BCUT2D eigenvalue weighted by Crippen LogP contribution is 2.19. The Kier molecular flexibility index (Phi) is 4.65. The van der Waals surface area contributed by atoms with Crippen LogP contribution in [0, 0.1) is 0 Å². The third-order valence-corrected chi connectivity index (χ3v) is 2.43. The van der Waals surface area contributed by atoms with E-state index >= 15 is 0 Å². The summed E-state index contributed by atoms with van der Waals surface area (Å²) in [6, 6.07) is 7.58. The Morgan fingerprint density at radius 3 is 2.71 bits per heavy atom. The molecule has 0 spiro atoms. The normalized spacial score (nSPS) is 10.3. The van der Waals surface area contributed by atoms with Gasteiger partial charge in [-0.1, -0.05) is 6.07 Å². The number of amides is 1. The van der Waals surface area contributed by atoms with Crippen LogP contribution in [-0.4, -0.2) is 27.1 Å². The molecule has 1 heterocycles. The molecule has 2 aromatic rings. The zero-order valence-corrected chi connectivity index (χ0v) is 12.2. The van der Waals surface area contributed by atoms with Crippen molar-refractivity contribution in [3.63, 3.8) is 0 Å². The Bertz CT molecular complexity index is 628. The second kappa shape index (κ2) is 6.65. The molecule has 110 valence electrons. The number of aromatic nitrogens is 3. The molecule has 0 radical (unpaired) electrons. The van der Waals surface area contributed by atoms with Crippen LogP contribution in [0.3, 0.4) is 0 Å². The van der Waals surface area contributed by atoms with E-state index < -0.39 is 0 Å². The Morgan fingerprint density at radius 2 is 2.00 bits per heavy atom. The molecule has 7 nitrogen and oxygen atoms in total. The van der Waals surface area contributed by atoms with Gasteiger partial charge in [0.05, 0.1) is 6.20 Å². The highest BCUT2D eigenvalue weighted by molar-refractivity contribution is 5.89. The minimum absolute atomic E-state index is 0.112. The van der Waals surface area contributed by atoms with Crippen LogP contribution in [0.1, 0.15) is 20.8 Å². The van der Waals surface area contributed by atoms with Crippen molar-refractivity contribution in [3.05, 3.63) is 30.5 Å². The fourth-order valence-corrected chi connectivity index (χ4v) is 1.71. The highest BCUT2D eigenvalue weighted by Gasteiger charge is 2.03. The first-order valence-electron chi connectivity index (χ1n) is 6.64. The Labute approximate surface area is 123 Å². The molecule has 0 saturated heterocycles. The summed E-state index contributed by atoms with van der Waals surface area (Å²) < 4.78 is 0. The molecule has 0 unspecified atom stereocenters. The van der Waals surface area contributed by atoms with Crippen molar-refractivity contribution in [3.8, 4) is 0 Å². The molecule has 7 heteroatoms. The number of benzene rings is 1. The maximum Gasteiger partial charge on any atom is 0.244 e. The molecule has 21 heavy (non-hydrogen) atoms. The van der Waals surface area contributed by atoms with Crippen molar-refractivity contribution in [2.24, 2.45) is 0 Å². The van der Waals surface area contributed by atoms with Crippen molar-refractivity contribution >= 4 is 29.0 Å². The summed E-state index contributed by atoms with van der Waals surface area (Å²) in [4.78, 5) is 15.4. The van der Waals surface area contributed by atoms with Gasteiger partial charge in [-0.2, -0.15) is 10.1 Å². The lowest BCUT2D eigenvalue weighted by molar-refractivity contribution is -0.114. The summed E-state index contributed by atoms with van der Waals surface area (Å²) in [6.45, 7) is 5.47. The van der Waals surface area contributed by atoms with Crippen LogP contribution in [0.25, 0.3) is 0 Å². The lowest BCUT2D eigenvalue weighted by Gasteiger charge is -2.10. The van der Waals surface area contributed by atoms with E-state index in [0.717, 1.165) is 11.4 Å². The van der Waals surface area contributed by atoms with Gasteiger partial charge in [-0.3, -0.25) is 4.79 Å². The highest BCUT2D eigenvalue weighted by atomic mass is 16.1. The van der Waals surface area contributed by atoms with Gasteiger partial charge in [-0.05, 0) is 32.0 Å². The van der Waals surface area contributed by atoms with Crippen LogP contribution in [0.15, 0.2) is 30.5 Å². The predicted octanol–water partition coefficient (Wildman–Crippen LogP) is 2.39. The minimum atomic E-state index is -0.112. The summed E-state index contributed by atoms with van der Waals surface area (Å²) in [6.07, 6.45) is 1.54. The maximum absolute atomic E-state index is 11.1. The first-order valence-corrected chi connectivity index (χ1v) is 6.64. The molecule has 0 saturated carbocycles. The molecule has 3 N–H and O–H groups in total. The van der Waals surface area contributed by atoms with Gasteiger partial charge in [0.1, 0.15) is 0 Å². The number of nitrogens with one attached hydrogen (secondary N) is 3. The molecule has 2 rings (SSSR count). The number of nitrogens with zero attached hydrogens (tertiary/aromatic N) is 3. The number of rotatable bonds is 5. The summed E-state index contributed by atoms with van der Waals surface area (Å²) in [5.74, 6) is 0.931. The first-order chi connectivity index (χ1) is 10.0. The fourth-order valence-electron chi connectivity index (χ4n) is 1.71. The number of carbonyl (C=O) groups excluding carboxylic acids is 1. The van der Waals surface area contributed by atoms with Crippen LogP contribution in [0.5, 0.6) is 0 Å². The van der Waals surface area contributed by atoms with Gasteiger partial charge >= 0.3 is 0 Å². The summed E-state index contributed by atoms with van der Waals surface area (Å²) in [7, 11) is 0. The minimum Gasteiger partial charge on any atom is -0.351 e. The van der Waals surface area contributed by atoms with Gasteiger partial charge in [0.15, 0.2) is 5.82 Å². The van der Waals surface area contributed by atoms with Crippen molar-refractivity contribution in [1.82, 2.24) is 15.2 Å². The van der Waals surface area contributed by atoms with Gasteiger partial charge in [0.2, 0.25) is 11.9 Å². The summed E-state index contributed by atoms with van der Waals surface area (Å²) >= 11 is 0. The number of anilines is 4. The quantitative estimate of drug-likeness (QED) is 0.781. The van der Waals surface area contributed by atoms with E-state index in [9.17, 15) is 4.79 Å². The molecule has 0 aliphatic rings. The van der Waals surface area contributed by atoms with Crippen LogP contribution in [0.4, 0.5) is 23.1 Å². The molecule has 0 fully saturated rings. The largest absolute Gasteiger partial charge is 0.351 e. The molecule has 0 aliphatic carbocycles. The molecule has 0 atom stereocenters. The zero-order chi connectivity index (χ0) is 15.2. The number of hydrogen-bond acceptors (Lipinski definition) is 6. The van der Waals surface area contributed by atoms with E-state index in [0.29, 0.717) is 11.8 Å². The molecule has 1 aromatic heterocycles. The van der Waals surface area contributed by atoms with Gasteiger partial charge in [0.25, 0.3) is 0 Å². The monoisotopic (exact) mass is 286 g/mol.